The van der Waals surface area contributed by atoms with Crippen LogP contribution >= 0.6 is 46.3 Å². The van der Waals surface area contributed by atoms with E-state index in [-0.39, 0.29) is 23.6 Å². The molecule has 2 aromatic rings. The predicted octanol–water partition coefficient (Wildman–Crippen LogP) is 2.65. The van der Waals surface area contributed by atoms with Gasteiger partial charge in [-0.15, -0.1) is 11.3 Å². The SMILES string of the molecule is NC(=NO)c1csc(SCC(=O)NC[C@H]2CN(Cc3ccc(Cl)c(Cl)c3)CCO2)n1. The number of rotatable bonds is 8. The molecule has 162 valence electrons. The lowest BCUT2D eigenvalue weighted by molar-refractivity contribution is -0.119. The molecule has 12 heteroatoms. The zero-order valence-corrected chi connectivity index (χ0v) is 19.0. The zero-order chi connectivity index (χ0) is 21.5. The highest BCUT2D eigenvalue weighted by Crippen LogP contribution is 2.24. The zero-order valence-electron chi connectivity index (χ0n) is 15.9. The van der Waals surface area contributed by atoms with Crippen LogP contribution in [0, 0.1) is 0 Å². The molecule has 1 aromatic carbocycles. The third-order valence-corrected chi connectivity index (χ3v) is 7.08. The summed E-state index contributed by atoms with van der Waals surface area (Å²) in [4.78, 5) is 18.6. The summed E-state index contributed by atoms with van der Waals surface area (Å²) in [6.45, 7) is 3.31. The van der Waals surface area contributed by atoms with Gasteiger partial charge in [-0.25, -0.2) is 4.98 Å². The van der Waals surface area contributed by atoms with E-state index in [9.17, 15) is 4.79 Å². The summed E-state index contributed by atoms with van der Waals surface area (Å²) < 4.78 is 6.45. The van der Waals surface area contributed by atoms with Gasteiger partial charge in [0.25, 0.3) is 0 Å². The van der Waals surface area contributed by atoms with Crippen molar-refractivity contribution in [1.29, 1.82) is 0 Å². The Bertz CT molecular complexity index is 912. The number of thiazole rings is 1. The number of ether oxygens (including phenoxy) is 1. The number of amidine groups is 1. The van der Waals surface area contributed by atoms with Crippen molar-refractivity contribution in [2.24, 2.45) is 10.9 Å². The number of nitrogens with zero attached hydrogens (tertiary/aromatic N) is 3. The average Bonchev–Trinajstić information content (AvgIpc) is 3.22. The Labute approximate surface area is 192 Å². The third kappa shape index (κ3) is 6.73. The number of nitrogens with two attached hydrogens (primary N) is 1. The molecule has 1 aliphatic heterocycles. The number of hydrogen-bond acceptors (Lipinski definition) is 8. The maximum absolute atomic E-state index is 12.2. The fourth-order valence-corrected chi connectivity index (χ4v) is 4.81. The summed E-state index contributed by atoms with van der Waals surface area (Å²) in [5.41, 5.74) is 6.97. The molecular formula is C18H21Cl2N5O3S2. The average molecular weight is 490 g/mol. The molecule has 1 aromatic heterocycles. The number of nitrogens with one attached hydrogen (secondary N) is 1. The van der Waals surface area contributed by atoms with Crippen LogP contribution in [0.3, 0.4) is 0 Å². The molecule has 1 amide bonds. The molecule has 0 bridgehead atoms. The maximum Gasteiger partial charge on any atom is 0.230 e. The lowest BCUT2D eigenvalue weighted by Crippen LogP contribution is -2.47. The summed E-state index contributed by atoms with van der Waals surface area (Å²) in [6, 6.07) is 5.63. The first-order valence-electron chi connectivity index (χ1n) is 9.05. The molecule has 0 aliphatic carbocycles. The summed E-state index contributed by atoms with van der Waals surface area (Å²) in [5.74, 6) is 0.0659. The van der Waals surface area contributed by atoms with Crippen molar-refractivity contribution in [3.05, 3.63) is 44.9 Å². The van der Waals surface area contributed by atoms with Gasteiger partial charge in [0, 0.05) is 31.6 Å². The lowest BCUT2D eigenvalue weighted by atomic mass is 10.2. The van der Waals surface area contributed by atoms with Gasteiger partial charge in [-0.3, -0.25) is 9.69 Å². The molecule has 1 saturated heterocycles. The topological polar surface area (TPSA) is 113 Å². The van der Waals surface area contributed by atoms with Crippen molar-refractivity contribution in [3.8, 4) is 0 Å². The second-order valence-electron chi connectivity index (χ2n) is 6.55. The standard InChI is InChI=1S/C18H21Cl2N5O3S2/c19-13-2-1-11(5-14(13)20)7-25-3-4-28-12(8-25)6-22-16(26)10-30-18-23-15(9-29-18)17(21)24-27/h1-2,5,9,12,27H,3-4,6-8,10H2,(H2,21,24)(H,22,26)/t12-/m0/s1. The Morgan fingerprint density at radius 3 is 3.07 bits per heavy atom. The highest BCUT2D eigenvalue weighted by Gasteiger charge is 2.21. The minimum absolute atomic E-state index is 0.0533. The van der Waals surface area contributed by atoms with Crippen LogP contribution in [0.2, 0.25) is 10.0 Å². The number of benzene rings is 1. The van der Waals surface area contributed by atoms with Gasteiger partial charge < -0.3 is 21.0 Å². The van der Waals surface area contributed by atoms with E-state index in [0.717, 1.165) is 18.7 Å². The first kappa shape index (κ1) is 23.1. The van der Waals surface area contributed by atoms with E-state index < -0.39 is 0 Å². The number of carbonyl (C=O) groups excluding carboxylic acids is 1. The Balaban J connectivity index is 1.41. The Morgan fingerprint density at radius 2 is 2.30 bits per heavy atom. The van der Waals surface area contributed by atoms with Crippen LogP contribution in [0.5, 0.6) is 0 Å². The van der Waals surface area contributed by atoms with Gasteiger partial charge in [0.15, 0.2) is 10.2 Å². The summed E-state index contributed by atoms with van der Waals surface area (Å²) >= 11 is 14.7. The molecule has 0 spiro atoms. The van der Waals surface area contributed by atoms with Crippen molar-refractivity contribution >= 4 is 58.0 Å². The molecule has 2 heterocycles. The van der Waals surface area contributed by atoms with Crippen LogP contribution < -0.4 is 11.1 Å². The van der Waals surface area contributed by atoms with Gasteiger partial charge in [-0.2, -0.15) is 0 Å². The highest BCUT2D eigenvalue weighted by atomic mass is 35.5. The number of carbonyl (C=O) groups is 1. The monoisotopic (exact) mass is 489 g/mol. The summed E-state index contributed by atoms with van der Waals surface area (Å²) in [7, 11) is 0. The van der Waals surface area contributed by atoms with Crippen LogP contribution in [0.1, 0.15) is 11.3 Å². The van der Waals surface area contributed by atoms with Crippen LogP contribution in [0.25, 0.3) is 0 Å². The first-order chi connectivity index (χ1) is 14.4. The van der Waals surface area contributed by atoms with Gasteiger partial charge in [-0.05, 0) is 17.7 Å². The molecule has 1 atom stereocenters. The van der Waals surface area contributed by atoms with Crippen molar-refractivity contribution in [2.45, 2.75) is 17.0 Å². The van der Waals surface area contributed by atoms with Gasteiger partial charge >= 0.3 is 0 Å². The number of aromatic nitrogens is 1. The fraction of sp³-hybridized carbons (Fsp3) is 0.389. The molecule has 0 unspecified atom stereocenters. The van der Waals surface area contributed by atoms with Gasteiger partial charge in [0.05, 0.1) is 28.5 Å². The van der Waals surface area contributed by atoms with Gasteiger partial charge in [0.1, 0.15) is 5.69 Å². The van der Waals surface area contributed by atoms with E-state index in [1.165, 1.54) is 23.1 Å². The van der Waals surface area contributed by atoms with E-state index in [0.29, 0.717) is 39.8 Å². The molecular weight excluding hydrogens is 469 g/mol. The molecule has 1 aliphatic rings. The minimum atomic E-state index is -0.106. The van der Waals surface area contributed by atoms with Gasteiger partial charge in [0.2, 0.25) is 5.91 Å². The number of morpholine rings is 1. The predicted molar refractivity (Wildman–Crippen MR) is 120 cm³/mol. The van der Waals surface area contributed by atoms with Crippen molar-refractivity contribution in [3.63, 3.8) is 0 Å². The second-order valence-corrected chi connectivity index (χ2v) is 9.45. The molecule has 8 nitrogen and oxygen atoms in total. The van der Waals surface area contributed by atoms with Crippen LogP contribution in [0.15, 0.2) is 33.1 Å². The fourth-order valence-electron chi connectivity index (χ4n) is 2.84. The maximum atomic E-state index is 12.2. The normalized spacial score (nSPS) is 17.8. The van der Waals surface area contributed by atoms with E-state index >= 15 is 0 Å². The first-order valence-corrected chi connectivity index (χ1v) is 11.7. The van der Waals surface area contributed by atoms with E-state index in [4.69, 9.17) is 38.9 Å². The molecule has 1 fully saturated rings. The Morgan fingerprint density at radius 1 is 1.47 bits per heavy atom. The van der Waals surface area contributed by atoms with Crippen LogP contribution in [0.4, 0.5) is 0 Å². The van der Waals surface area contributed by atoms with Crippen LogP contribution in [-0.4, -0.2) is 64.9 Å². The summed E-state index contributed by atoms with van der Waals surface area (Å²) in [6.07, 6.45) is -0.0810. The van der Waals surface area contributed by atoms with E-state index in [1.807, 2.05) is 12.1 Å². The van der Waals surface area contributed by atoms with Crippen LogP contribution in [-0.2, 0) is 16.1 Å². The second kappa shape index (κ2) is 11.2. The number of thioether (sulfide) groups is 1. The number of amides is 1. The largest absolute Gasteiger partial charge is 0.409 e. The van der Waals surface area contributed by atoms with Crippen molar-refractivity contribution in [1.82, 2.24) is 15.2 Å². The smallest absolute Gasteiger partial charge is 0.230 e. The third-order valence-electron chi connectivity index (χ3n) is 4.32. The number of oxime groups is 1. The lowest BCUT2D eigenvalue weighted by Gasteiger charge is -2.33. The Kier molecular flexibility index (Phi) is 8.61. The van der Waals surface area contributed by atoms with E-state index in [2.05, 4.69) is 20.4 Å². The summed E-state index contributed by atoms with van der Waals surface area (Å²) in [5, 5.41) is 17.2. The Hall–Kier alpha value is -1.56. The molecule has 4 N–H and O–H groups in total. The molecule has 0 radical (unpaired) electrons. The number of halogens is 2. The van der Waals surface area contributed by atoms with Gasteiger partial charge in [-0.1, -0.05) is 46.2 Å². The van der Waals surface area contributed by atoms with Crippen molar-refractivity contribution < 1.29 is 14.7 Å². The quantitative estimate of drug-likeness (QED) is 0.171. The molecule has 30 heavy (non-hydrogen) atoms. The van der Waals surface area contributed by atoms with E-state index in [1.54, 1.807) is 11.4 Å². The minimum Gasteiger partial charge on any atom is -0.409 e. The van der Waals surface area contributed by atoms with Crippen molar-refractivity contribution in [2.75, 3.05) is 32.0 Å². The molecule has 0 saturated carbocycles. The number of hydrogen-bond donors (Lipinski definition) is 3. The molecule has 3 rings (SSSR count). The highest BCUT2D eigenvalue weighted by molar-refractivity contribution is 8.01.